The molecule has 0 radical (unpaired) electrons. The normalized spacial score (nSPS) is 12.8. The van der Waals surface area contributed by atoms with Gasteiger partial charge < -0.3 is 10.6 Å². The van der Waals surface area contributed by atoms with Crippen LogP contribution in [-0.2, 0) is 6.54 Å². The Morgan fingerprint density at radius 2 is 1.76 bits per heavy atom. The summed E-state index contributed by atoms with van der Waals surface area (Å²) in [6.45, 7) is 2.68. The smallest absolute Gasteiger partial charge is 0.191 e. The van der Waals surface area contributed by atoms with Gasteiger partial charge in [-0.1, -0.05) is 42.5 Å². The van der Waals surface area contributed by atoms with Gasteiger partial charge in [0.05, 0.1) is 6.04 Å². The van der Waals surface area contributed by atoms with E-state index in [1.165, 1.54) is 17.7 Å². The van der Waals surface area contributed by atoms with Crippen molar-refractivity contribution >= 4 is 5.96 Å². The third kappa shape index (κ3) is 4.60. The van der Waals surface area contributed by atoms with Crippen molar-refractivity contribution in [3.63, 3.8) is 0 Å². The maximum atomic E-state index is 12.9. The molecule has 2 aromatic carbocycles. The molecule has 3 nitrogen and oxygen atoms in total. The van der Waals surface area contributed by atoms with E-state index in [-0.39, 0.29) is 11.9 Å². The van der Waals surface area contributed by atoms with E-state index in [1.54, 1.807) is 19.2 Å². The fraction of sp³-hybridized carbons (Fsp3) is 0.235. The second-order valence-corrected chi connectivity index (χ2v) is 4.83. The molecule has 2 aromatic rings. The molecule has 21 heavy (non-hydrogen) atoms. The quantitative estimate of drug-likeness (QED) is 0.668. The summed E-state index contributed by atoms with van der Waals surface area (Å²) in [5.41, 5.74) is 2.20. The van der Waals surface area contributed by atoms with Crippen LogP contribution in [0.1, 0.15) is 24.1 Å². The van der Waals surface area contributed by atoms with Crippen LogP contribution in [0.4, 0.5) is 4.39 Å². The summed E-state index contributed by atoms with van der Waals surface area (Å²) >= 11 is 0. The molecule has 0 saturated carbocycles. The van der Waals surface area contributed by atoms with Crippen molar-refractivity contribution in [2.45, 2.75) is 19.5 Å². The summed E-state index contributed by atoms with van der Waals surface area (Å²) in [6, 6.07) is 16.8. The van der Waals surface area contributed by atoms with Gasteiger partial charge >= 0.3 is 0 Å². The van der Waals surface area contributed by atoms with E-state index in [9.17, 15) is 4.39 Å². The van der Waals surface area contributed by atoms with Gasteiger partial charge in [0.25, 0.3) is 0 Å². The third-order valence-corrected chi connectivity index (χ3v) is 3.25. The zero-order valence-electron chi connectivity index (χ0n) is 12.3. The summed E-state index contributed by atoms with van der Waals surface area (Å²) in [5, 5.41) is 6.55. The molecule has 0 aromatic heterocycles. The number of halogens is 1. The molecular formula is C17H20FN3. The first-order valence-corrected chi connectivity index (χ1v) is 6.95. The van der Waals surface area contributed by atoms with Crippen molar-refractivity contribution < 1.29 is 4.39 Å². The first kappa shape index (κ1) is 15.0. The minimum absolute atomic E-state index is 0.158. The SMILES string of the molecule is CN=C(NCc1ccc(F)cc1)NC(C)c1ccccc1. The molecular weight excluding hydrogens is 265 g/mol. The van der Waals surface area contributed by atoms with E-state index in [0.29, 0.717) is 6.54 Å². The van der Waals surface area contributed by atoms with Gasteiger partial charge in [0.15, 0.2) is 5.96 Å². The Hall–Kier alpha value is -2.36. The number of aliphatic imine (C=N–C) groups is 1. The summed E-state index contributed by atoms with van der Waals surface area (Å²) in [5.74, 6) is 0.495. The number of rotatable bonds is 4. The summed E-state index contributed by atoms with van der Waals surface area (Å²) in [4.78, 5) is 4.21. The van der Waals surface area contributed by atoms with E-state index in [4.69, 9.17) is 0 Å². The van der Waals surface area contributed by atoms with E-state index in [1.807, 2.05) is 18.2 Å². The van der Waals surface area contributed by atoms with Crippen LogP contribution in [0.2, 0.25) is 0 Å². The number of nitrogens with zero attached hydrogens (tertiary/aromatic N) is 1. The van der Waals surface area contributed by atoms with Gasteiger partial charge in [0, 0.05) is 13.6 Å². The number of hydrogen-bond donors (Lipinski definition) is 2. The Balaban J connectivity index is 1.90. The fourth-order valence-corrected chi connectivity index (χ4v) is 2.01. The second-order valence-electron chi connectivity index (χ2n) is 4.83. The van der Waals surface area contributed by atoms with Crippen molar-refractivity contribution in [1.29, 1.82) is 0 Å². The predicted molar refractivity (Wildman–Crippen MR) is 84.6 cm³/mol. The van der Waals surface area contributed by atoms with Crippen LogP contribution >= 0.6 is 0 Å². The zero-order valence-corrected chi connectivity index (χ0v) is 12.3. The Labute approximate surface area is 124 Å². The zero-order chi connectivity index (χ0) is 15.1. The van der Waals surface area contributed by atoms with Crippen molar-refractivity contribution in [1.82, 2.24) is 10.6 Å². The molecule has 0 fully saturated rings. The molecule has 0 spiro atoms. The lowest BCUT2D eigenvalue weighted by atomic mass is 10.1. The summed E-state index contributed by atoms with van der Waals surface area (Å²) in [7, 11) is 1.73. The van der Waals surface area contributed by atoms with E-state index >= 15 is 0 Å². The van der Waals surface area contributed by atoms with Crippen LogP contribution in [0.3, 0.4) is 0 Å². The third-order valence-electron chi connectivity index (χ3n) is 3.25. The van der Waals surface area contributed by atoms with Gasteiger partial charge in [0.1, 0.15) is 5.82 Å². The van der Waals surface area contributed by atoms with Crippen LogP contribution < -0.4 is 10.6 Å². The van der Waals surface area contributed by atoms with Gasteiger partial charge in [-0.05, 0) is 30.2 Å². The Kier molecular flexibility index (Phi) is 5.32. The van der Waals surface area contributed by atoms with Crippen molar-refractivity contribution in [2.24, 2.45) is 4.99 Å². The molecule has 110 valence electrons. The van der Waals surface area contributed by atoms with E-state index in [2.05, 4.69) is 34.7 Å². The maximum absolute atomic E-state index is 12.9. The van der Waals surface area contributed by atoms with Crippen LogP contribution in [0.5, 0.6) is 0 Å². The highest BCUT2D eigenvalue weighted by Crippen LogP contribution is 2.10. The average molecular weight is 285 g/mol. The van der Waals surface area contributed by atoms with Gasteiger partial charge in [-0.25, -0.2) is 4.39 Å². The molecule has 1 atom stereocenters. The Bertz CT molecular complexity index is 579. The minimum atomic E-state index is -0.223. The first-order chi connectivity index (χ1) is 10.2. The van der Waals surface area contributed by atoms with Gasteiger partial charge in [-0.15, -0.1) is 0 Å². The standard InChI is InChI=1S/C17H20FN3/c1-13(15-6-4-3-5-7-15)21-17(19-2)20-12-14-8-10-16(18)11-9-14/h3-11,13H,12H2,1-2H3,(H2,19,20,21). The summed E-state index contributed by atoms with van der Waals surface area (Å²) in [6.07, 6.45) is 0. The first-order valence-electron chi connectivity index (χ1n) is 6.95. The largest absolute Gasteiger partial charge is 0.352 e. The lowest BCUT2D eigenvalue weighted by Crippen LogP contribution is -2.38. The Morgan fingerprint density at radius 1 is 1.10 bits per heavy atom. The van der Waals surface area contributed by atoms with Crippen molar-refractivity contribution in [3.8, 4) is 0 Å². The van der Waals surface area contributed by atoms with E-state index in [0.717, 1.165) is 11.5 Å². The monoisotopic (exact) mass is 285 g/mol. The van der Waals surface area contributed by atoms with Crippen LogP contribution in [-0.4, -0.2) is 13.0 Å². The number of benzene rings is 2. The highest BCUT2D eigenvalue weighted by atomic mass is 19.1. The van der Waals surface area contributed by atoms with Crippen LogP contribution in [0, 0.1) is 5.82 Å². The molecule has 2 N–H and O–H groups in total. The van der Waals surface area contributed by atoms with Gasteiger partial charge in [0.2, 0.25) is 0 Å². The number of hydrogen-bond acceptors (Lipinski definition) is 1. The van der Waals surface area contributed by atoms with Gasteiger partial charge in [-0.3, -0.25) is 4.99 Å². The maximum Gasteiger partial charge on any atom is 0.191 e. The van der Waals surface area contributed by atoms with Crippen LogP contribution in [0.15, 0.2) is 59.6 Å². The van der Waals surface area contributed by atoms with E-state index < -0.39 is 0 Å². The highest BCUT2D eigenvalue weighted by molar-refractivity contribution is 5.80. The second kappa shape index (κ2) is 7.43. The minimum Gasteiger partial charge on any atom is -0.352 e. The van der Waals surface area contributed by atoms with Crippen molar-refractivity contribution in [3.05, 3.63) is 71.5 Å². The lowest BCUT2D eigenvalue weighted by molar-refractivity contribution is 0.626. The molecule has 0 saturated heterocycles. The molecule has 0 heterocycles. The molecule has 0 bridgehead atoms. The topological polar surface area (TPSA) is 36.4 Å². The lowest BCUT2D eigenvalue weighted by Gasteiger charge is -2.18. The van der Waals surface area contributed by atoms with Crippen LogP contribution in [0.25, 0.3) is 0 Å². The molecule has 2 rings (SSSR count). The Morgan fingerprint density at radius 3 is 2.38 bits per heavy atom. The van der Waals surface area contributed by atoms with Crippen molar-refractivity contribution in [2.75, 3.05) is 7.05 Å². The summed E-state index contributed by atoms with van der Waals surface area (Å²) < 4.78 is 12.9. The molecule has 4 heteroatoms. The molecule has 0 amide bonds. The molecule has 0 aliphatic carbocycles. The molecule has 0 aliphatic rings. The highest BCUT2D eigenvalue weighted by Gasteiger charge is 2.06. The fourth-order valence-electron chi connectivity index (χ4n) is 2.01. The predicted octanol–water partition coefficient (Wildman–Crippen LogP) is 3.25. The van der Waals surface area contributed by atoms with Gasteiger partial charge in [-0.2, -0.15) is 0 Å². The number of nitrogens with one attached hydrogen (secondary N) is 2. The number of guanidine groups is 1. The molecule has 0 aliphatic heterocycles. The molecule has 1 unspecified atom stereocenters. The average Bonchev–Trinajstić information content (AvgIpc) is 2.53.